The Balaban J connectivity index is 2.45. The first-order valence-corrected chi connectivity index (χ1v) is 7.24. The maximum Gasteiger partial charge on any atom is 0.0933 e. The van der Waals surface area contributed by atoms with Crippen LogP contribution in [0.15, 0.2) is 33.5 Å². The number of aromatic nitrogens is 3. The molecule has 2 heterocycles. The predicted molar refractivity (Wildman–Crippen MR) is 78.4 cm³/mol. The molecule has 0 spiro atoms. The van der Waals surface area contributed by atoms with Gasteiger partial charge in [0.2, 0.25) is 0 Å². The van der Waals surface area contributed by atoms with E-state index in [1.807, 2.05) is 23.9 Å². The summed E-state index contributed by atoms with van der Waals surface area (Å²) in [5.74, 6) is 0. The minimum Gasteiger partial charge on any atom is -0.304 e. The average molecular weight is 374 g/mol. The molecule has 1 unspecified atom stereocenters. The van der Waals surface area contributed by atoms with Gasteiger partial charge in [0.25, 0.3) is 0 Å². The normalized spacial score (nSPS) is 12.7. The molecule has 0 saturated carbocycles. The highest BCUT2D eigenvalue weighted by atomic mass is 79.9. The number of hydrogen-bond acceptors (Lipinski definition) is 3. The Hall–Kier alpha value is -0.720. The van der Waals surface area contributed by atoms with E-state index in [0.717, 1.165) is 26.9 Å². The molecule has 0 saturated heterocycles. The first-order valence-electron chi connectivity index (χ1n) is 5.65. The van der Waals surface area contributed by atoms with Crippen molar-refractivity contribution in [2.75, 3.05) is 6.54 Å². The van der Waals surface area contributed by atoms with Gasteiger partial charge >= 0.3 is 0 Å². The van der Waals surface area contributed by atoms with E-state index in [0.29, 0.717) is 0 Å². The van der Waals surface area contributed by atoms with E-state index in [-0.39, 0.29) is 6.04 Å². The summed E-state index contributed by atoms with van der Waals surface area (Å²) in [5.41, 5.74) is 2.05. The lowest BCUT2D eigenvalue weighted by Gasteiger charge is -2.19. The van der Waals surface area contributed by atoms with Crippen molar-refractivity contribution in [2.45, 2.75) is 13.0 Å². The molecule has 4 nitrogen and oxygen atoms in total. The largest absolute Gasteiger partial charge is 0.304 e. The fourth-order valence-corrected chi connectivity index (χ4v) is 3.07. The van der Waals surface area contributed by atoms with Crippen LogP contribution in [0.2, 0.25) is 0 Å². The summed E-state index contributed by atoms with van der Waals surface area (Å²) >= 11 is 6.98. The van der Waals surface area contributed by atoms with Crippen LogP contribution in [0.4, 0.5) is 0 Å². The molecule has 18 heavy (non-hydrogen) atoms. The Kier molecular flexibility index (Phi) is 4.53. The van der Waals surface area contributed by atoms with Crippen LogP contribution in [0, 0.1) is 0 Å². The van der Waals surface area contributed by atoms with Gasteiger partial charge in [0.05, 0.1) is 17.4 Å². The quantitative estimate of drug-likeness (QED) is 0.895. The molecule has 0 amide bonds. The van der Waals surface area contributed by atoms with Crippen LogP contribution in [0.25, 0.3) is 0 Å². The van der Waals surface area contributed by atoms with E-state index in [1.54, 1.807) is 12.4 Å². The van der Waals surface area contributed by atoms with Crippen molar-refractivity contribution >= 4 is 31.9 Å². The summed E-state index contributed by atoms with van der Waals surface area (Å²) < 4.78 is 3.80. The second-order valence-corrected chi connectivity index (χ2v) is 5.66. The van der Waals surface area contributed by atoms with Gasteiger partial charge in [-0.15, -0.1) is 0 Å². The fourth-order valence-electron chi connectivity index (χ4n) is 1.85. The van der Waals surface area contributed by atoms with Crippen LogP contribution in [-0.4, -0.2) is 21.3 Å². The van der Waals surface area contributed by atoms with Crippen molar-refractivity contribution in [2.24, 2.45) is 7.05 Å². The highest BCUT2D eigenvalue weighted by Gasteiger charge is 2.20. The molecule has 0 aliphatic rings. The van der Waals surface area contributed by atoms with E-state index in [4.69, 9.17) is 0 Å². The van der Waals surface area contributed by atoms with Crippen LogP contribution in [-0.2, 0) is 7.05 Å². The Morgan fingerprint density at radius 2 is 2.22 bits per heavy atom. The molecular weight excluding hydrogens is 360 g/mol. The monoisotopic (exact) mass is 372 g/mol. The SMILES string of the molecule is CCNC(c1ncc(Br)cc1Br)c1ccnn1C. The van der Waals surface area contributed by atoms with Gasteiger partial charge in [0, 0.05) is 28.4 Å². The number of nitrogens with zero attached hydrogens (tertiary/aromatic N) is 3. The summed E-state index contributed by atoms with van der Waals surface area (Å²) in [6.45, 7) is 2.94. The third kappa shape index (κ3) is 2.81. The molecule has 0 aliphatic carbocycles. The summed E-state index contributed by atoms with van der Waals surface area (Å²) in [6, 6.07) is 4.04. The van der Waals surface area contributed by atoms with Gasteiger partial charge in [0.15, 0.2) is 0 Å². The van der Waals surface area contributed by atoms with Crippen LogP contribution >= 0.6 is 31.9 Å². The van der Waals surface area contributed by atoms with Crippen molar-refractivity contribution in [3.63, 3.8) is 0 Å². The second-order valence-electron chi connectivity index (χ2n) is 3.89. The molecule has 6 heteroatoms. The summed E-state index contributed by atoms with van der Waals surface area (Å²) in [4.78, 5) is 4.50. The Morgan fingerprint density at radius 1 is 1.44 bits per heavy atom. The van der Waals surface area contributed by atoms with Crippen molar-refractivity contribution in [1.29, 1.82) is 0 Å². The lowest BCUT2D eigenvalue weighted by atomic mass is 10.1. The van der Waals surface area contributed by atoms with Gasteiger partial charge in [-0.25, -0.2) is 0 Å². The van der Waals surface area contributed by atoms with Crippen molar-refractivity contribution < 1.29 is 0 Å². The first kappa shape index (κ1) is 13.7. The van der Waals surface area contributed by atoms with Gasteiger partial charge < -0.3 is 5.32 Å². The van der Waals surface area contributed by atoms with E-state index in [1.165, 1.54) is 0 Å². The molecule has 96 valence electrons. The third-order valence-electron chi connectivity index (χ3n) is 2.67. The van der Waals surface area contributed by atoms with Crippen molar-refractivity contribution in [3.05, 3.63) is 44.9 Å². The topological polar surface area (TPSA) is 42.7 Å². The van der Waals surface area contributed by atoms with Gasteiger partial charge in [-0.2, -0.15) is 5.10 Å². The predicted octanol–water partition coefficient (Wildman–Crippen LogP) is 3.04. The molecule has 1 atom stereocenters. The van der Waals surface area contributed by atoms with Crippen molar-refractivity contribution in [3.8, 4) is 0 Å². The molecule has 0 radical (unpaired) electrons. The number of rotatable bonds is 4. The number of pyridine rings is 1. The number of aryl methyl sites for hydroxylation is 1. The zero-order valence-corrected chi connectivity index (χ0v) is 13.4. The maximum atomic E-state index is 4.50. The summed E-state index contributed by atoms with van der Waals surface area (Å²) in [5, 5.41) is 7.65. The molecule has 0 aliphatic heterocycles. The molecule has 2 aromatic rings. The lowest BCUT2D eigenvalue weighted by molar-refractivity contribution is 0.560. The third-order valence-corrected chi connectivity index (χ3v) is 3.74. The maximum absolute atomic E-state index is 4.50. The van der Waals surface area contributed by atoms with Gasteiger partial charge in [0.1, 0.15) is 0 Å². The minimum atomic E-state index is 0.0324. The molecule has 1 N–H and O–H groups in total. The van der Waals surface area contributed by atoms with Gasteiger partial charge in [-0.1, -0.05) is 6.92 Å². The van der Waals surface area contributed by atoms with Gasteiger partial charge in [-0.3, -0.25) is 9.67 Å². The smallest absolute Gasteiger partial charge is 0.0933 e. The minimum absolute atomic E-state index is 0.0324. The number of nitrogens with one attached hydrogen (secondary N) is 1. The Morgan fingerprint density at radius 3 is 2.78 bits per heavy atom. The number of halogens is 2. The molecule has 0 fully saturated rings. The zero-order chi connectivity index (χ0) is 13.1. The highest BCUT2D eigenvalue weighted by Crippen LogP contribution is 2.28. The Labute approximate surface area is 123 Å². The summed E-state index contributed by atoms with van der Waals surface area (Å²) in [6.07, 6.45) is 3.60. The van der Waals surface area contributed by atoms with Gasteiger partial charge in [-0.05, 0) is 50.5 Å². The average Bonchev–Trinajstić information content (AvgIpc) is 2.73. The lowest BCUT2D eigenvalue weighted by Crippen LogP contribution is -2.25. The van der Waals surface area contributed by atoms with Crippen LogP contribution in [0.3, 0.4) is 0 Å². The Bertz CT molecular complexity index is 539. The molecular formula is C12H14Br2N4. The fraction of sp³-hybridized carbons (Fsp3) is 0.333. The van der Waals surface area contributed by atoms with Crippen LogP contribution in [0.5, 0.6) is 0 Å². The van der Waals surface area contributed by atoms with Crippen molar-refractivity contribution in [1.82, 2.24) is 20.1 Å². The second kappa shape index (κ2) is 5.95. The number of hydrogen-bond donors (Lipinski definition) is 1. The van der Waals surface area contributed by atoms with Crippen LogP contribution < -0.4 is 5.32 Å². The first-order chi connectivity index (χ1) is 8.63. The van der Waals surface area contributed by atoms with E-state index < -0.39 is 0 Å². The summed E-state index contributed by atoms with van der Waals surface area (Å²) in [7, 11) is 1.94. The van der Waals surface area contributed by atoms with E-state index in [9.17, 15) is 0 Å². The van der Waals surface area contributed by atoms with E-state index in [2.05, 4.69) is 54.2 Å². The molecule has 0 bridgehead atoms. The standard InChI is InChI=1S/C12H14Br2N4/c1-3-15-12(10-4-5-17-18(10)2)11-9(14)6-8(13)7-16-11/h4-7,12,15H,3H2,1-2H3. The molecule has 0 aromatic carbocycles. The zero-order valence-electron chi connectivity index (χ0n) is 10.2. The van der Waals surface area contributed by atoms with E-state index >= 15 is 0 Å². The molecule has 2 aromatic heterocycles. The highest BCUT2D eigenvalue weighted by molar-refractivity contribution is 9.11. The van der Waals surface area contributed by atoms with Crippen LogP contribution in [0.1, 0.15) is 24.4 Å². The molecule has 2 rings (SSSR count).